The smallest absolute Gasteiger partial charge is 0.238 e. The summed E-state index contributed by atoms with van der Waals surface area (Å²) >= 11 is 0. The molecule has 1 heterocycles. The van der Waals surface area contributed by atoms with E-state index >= 15 is 0 Å². The number of carbonyl (C=O) groups excluding carboxylic acids is 1. The normalized spacial score (nSPS) is 15.8. The van der Waals surface area contributed by atoms with E-state index in [2.05, 4.69) is 73.5 Å². The lowest BCUT2D eigenvalue weighted by molar-refractivity contribution is -0.117. The van der Waals surface area contributed by atoms with Gasteiger partial charge in [0.25, 0.3) is 0 Å². The molecule has 0 spiro atoms. The number of hydrogen-bond acceptors (Lipinski definition) is 2. The molecule has 0 atom stereocenters. The van der Waals surface area contributed by atoms with Crippen molar-refractivity contribution in [3.8, 4) is 0 Å². The third kappa shape index (κ3) is 4.95. The molecule has 26 heavy (non-hydrogen) atoms. The van der Waals surface area contributed by atoms with Crippen molar-refractivity contribution in [3.05, 3.63) is 64.7 Å². The zero-order chi connectivity index (χ0) is 18.5. The first-order valence-corrected chi connectivity index (χ1v) is 9.65. The van der Waals surface area contributed by atoms with Gasteiger partial charge in [-0.05, 0) is 75.7 Å². The summed E-state index contributed by atoms with van der Waals surface area (Å²) in [6.07, 6.45) is 3.50. The van der Waals surface area contributed by atoms with E-state index in [1.54, 1.807) is 0 Å². The minimum atomic E-state index is 0.0987. The number of benzene rings is 2. The predicted molar refractivity (Wildman–Crippen MR) is 109 cm³/mol. The molecule has 0 unspecified atom stereocenters. The van der Waals surface area contributed by atoms with Gasteiger partial charge in [0, 0.05) is 5.69 Å². The van der Waals surface area contributed by atoms with Crippen molar-refractivity contribution >= 4 is 11.6 Å². The highest BCUT2D eigenvalue weighted by atomic mass is 16.2. The second kappa shape index (κ2) is 8.50. The van der Waals surface area contributed by atoms with Gasteiger partial charge in [-0.15, -0.1) is 0 Å². The van der Waals surface area contributed by atoms with Crippen LogP contribution in [0.25, 0.3) is 0 Å². The number of piperidine rings is 1. The van der Waals surface area contributed by atoms with E-state index < -0.39 is 0 Å². The van der Waals surface area contributed by atoms with Crippen molar-refractivity contribution in [2.24, 2.45) is 5.92 Å². The Balaban J connectivity index is 1.48. The molecule has 0 saturated carbocycles. The van der Waals surface area contributed by atoms with Crippen LogP contribution in [0.15, 0.2) is 42.5 Å². The van der Waals surface area contributed by atoms with Crippen LogP contribution in [0.5, 0.6) is 0 Å². The second-order valence-corrected chi connectivity index (χ2v) is 7.73. The molecule has 2 aromatic rings. The van der Waals surface area contributed by atoms with Gasteiger partial charge in [-0.25, -0.2) is 0 Å². The van der Waals surface area contributed by atoms with Crippen LogP contribution in [0.1, 0.15) is 35.1 Å². The number of amides is 1. The maximum atomic E-state index is 12.5. The Kier molecular flexibility index (Phi) is 6.10. The second-order valence-electron chi connectivity index (χ2n) is 7.73. The van der Waals surface area contributed by atoms with Gasteiger partial charge in [-0.1, -0.05) is 48.0 Å². The largest absolute Gasteiger partial charge is 0.324 e. The van der Waals surface area contributed by atoms with Gasteiger partial charge in [-0.3, -0.25) is 9.69 Å². The standard InChI is InChI=1S/C23H30N2O/c1-17-13-18(2)23(19(3)14-17)24-22(26)16-25-11-9-21(10-12-25)15-20-7-5-4-6-8-20/h4-8,13-14,21H,9-12,15-16H2,1-3H3,(H,24,26). The van der Waals surface area contributed by atoms with Crippen molar-refractivity contribution in [3.63, 3.8) is 0 Å². The van der Waals surface area contributed by atoms with E-state index in [0.29, 0.717) is 6.54 Å². The summed E-state index contributed by atoms with van der Waals surface area (Å²) in [5.41, 5.74) is 5.90. The topological polar surface area (TPSA) is 32.3 Å². The molecule has 0 aromatic heterocycles. The van der Waals surface area contributed by atoms with Crippen LogP contribution in [0.3, 0.4) is 0 Å². The molecule has 1 N–H and O–H groups in total. The average Bonchev–Trinajstić information content (AvgIpc) is 2.61. The van der Waals surface area contributed by atoms with Crippen molar-refractivity contribution in [2.75, 3.05) is 25.0 Å². The minimum Gasteiger partial charge on any atom is -0.324 e. The molecule has 3 heteroatoms. The molecule has 3 rings (SSSR count). The van der Waals surface area contributed by atoms with Gasteiger partial charge in [0.2, 0.25) is 5.91 Å². The molecular weight excluding hydrogens is 320 g/mol. The van der Waals surface area contributed by atoms with Crippen molar-refractivity contribution in [2.45, 2.75) is 40.0 Å². The highest BCUT2D eigenvalue weighted by Gasteiger charge is 2.21. The number of likely N-dealkylation sites (tertiary alicyclic amines) is 1. The lowest BCUT2D eigenvalue weighted by atomic mass is 9.90. The van der Waals surface area contributed by atoms with Gasteiger partial charge in [0.05, 0.1) is 6.54 Å². The highest BCUT2D eigenvalue weighted by molar-refractivity contribution is 5.93. The maximum Gasteiger partial charge on any atom is 0.238 e. The van der Waals surface area contributed by atoms with Crippen molar-refractivity contribution in [1.29, 1.82) is 0 Å². The number of aryl methyl sites for hydroxylation is 3. The van der Waals surface area contributed by atoms with E-state index in [9.17, 15) is 4.79 Å². The Morgan fingerprint density at radius 2 is 1.65 bits per heavy atom. The van der Waals surface area contributed by atoms with Gasteiger partial charge >= 0.3 is 0 Å². The zero-order valence-corrected chi connectivity index (χ0v) is 16.2. The Hall–Kier alpha value is -2.13. The molecule has 3 nitrogen and oxygen atoms in total. The Bertz CT molecular complexity index is 723. The number of nitrogens with zero attached hydrogens (tertiary/aromatic N) is 1. The highest BCUT2D eigenvalue weighted by Crippen LogP contribution is 2.23. The molecule has 1 amide bonds. The number of rotatable bonds is 5. The first-order valence-electron chi connectivity index (χ1n) is 9.65. The third-order valence-corrected chi connectivity index (χ3v) is 5.38. The molecule has 1 saturated heterocycles. The number of carbonyl (C=O) groups is 1. The van der Waals surface area contributed by atoms with Crippen LogP contribution in [-0.4, -0.2) is 30.4 Å². The van der Waals surface area contributed by atoms with E-state index in [1.807, 2.05) is 0 Å². The monoisotopic (exact) mass is 350 g/mol. The summed E-state index contributed by atoms with van der Waals surface area (Å²) < 4.78 is 0. The van der Waals surface area contributed by atoms with Crippen LogP contribution in [0.4, 0.5) is 5.69 Å². The fourth-order valence-corrected chi connectivity index (χ4v) is 4.06. The molecule has 1 aliphatic rings. The van der Waals surface area contributed by atoms with E-state index in [0.717, 1.165) is 42.2 Å². The van der Waals surface area contributed by atoms with Gasteiger partial charge in [-0.2, -0.15) is 0 Å². The van der Waals surface area contributed by atoms with Crippen LogP contribution < -0.4 is 5.32 Å². The predicted octanol–water partition coefficient (Wildman–Crippen LogP) is 4.51. The fourth-order valence-electron chi connectivity index (χ4n) is 4.06. The van der Waals surface area contributed by atoms with Gasteiger partial charge in [0.15, 0.2) is 0 Å². The van der Waals surface area contributed by atoms with E-state index in [-0.39, 0.29) is 5.91 Å². The van der Waals surface area contributed by atoms with Crippen molar-refractivity contribution < 1.29 is 4.79 Å². The Labute approximate surface area is 157 Å². The summed E-state index contributed by atoms with van der Waals surface area (Å²) in [4.78, 5) is 14.8. The van der Waals surface area contributed by atoms with E-state index in [4.69, 9.17) is 0 Å². The molecule has 138 valence electrons. The lowest BCUT2D eigenvalue weighted by Crippen LogP contribution is -2.39. The molecule has 1 aliphatic heterocycles. The minimum absolute atomic E-state index is 0.0987. The summed E-state index contributed by atoms with van der Waals surface area (Å²) in [6.45, 7) is 8.72. The lowest BCUT2D eigenvalue weighted by Gasteiger charge is -2.31. The summed E-state index contributed by atoms with van der Waals surface area (Å²) in [5, 5.41) is 3.12. The average molecular weight is 351 g/mol. The molecule has 1 fully saturated rings. The number of anilines is 1. The maximum absolute atomic E-state index is 12.5. The van der Waals surface area contributed by atoms with Crippen LogP contribution in [0, 0.1) is 26.7 Å². The fraction of sp³-hybridized carbons (Fsp3) is 0.435. The summed E-state index contributed by atoms with van der Waals surface area (Å²) in [7, 11) is 0. The van der Waals surface area contributed by atoms with E-state index in [1.165, 1.54) is 24.0 Å². The van der Waals surface area contributed by atoms with Gasteiger partial charge < -0.3 is 5.32 Å². The van der Waals surface area contributed by atoms with Crippen LogP contribution >= 0.6 is 0 Å². The molecular formula is C23H30N2O. The first-order chi connectivity index (χ1) is 12.5. The zero-order valence-electron chi connectivity index (χ0n) is 16.2. The van der Waals surface area contributed by atoms with Gasteiger partial charge in [0.1, 0.15) is 0 Å². The molecule has 0 bridgehead atoms. The summed E-state index contributed by atoms with van der Waals surface area (Å²) in [6, 6.07) is 15.0. The summed E-state index contributed by atoms with van der Waals surface area (Å²) in [5.74, 6) is 0.833. The molecule has 0 aliphatic carbocycles. The van der Waals surface area contributed by atoms with Crippen molar-refractivity contribution in [1.82, 2.24) is 4.90 Å². The molecule has 0 radical (unpaired) electrons. The SMILES string of the molecule is Cc1cc(C)c(NC(=O)CN2CCC(Cc3ccccc3)CC2)c(C)c1. The quantitative estimate of drug-likeness (QED) is 0.861. The Morgan fingerprint density at radius 1 is 1.04 bits per heavy atom. The number of hydrogen-bond donors (Lipinski definition) is 1. The molecule has 2 aromatic carbocycles. The van der Waals surface area contributed by atoms with Crippen LogP contribution in [0.2, 0.25) is 0 Å². The number of nitrogens with one attached hydrogen (secondary N) is 1. The van der Waals surface area contributed by atoms with Crippen LogP contribution in [-0.2, 0) is 11.2 Å². The Morgan fingerprint density at radius 3 is 2.27 bits per heavy atom. The third-order valence-electron chi connectivity index (χ3n) is 5.38. The first kappa shape index (κ1) is 18.7.